The van der Waals surface area contributed by atoms with Crippen molar-refractivity contribution < 1.29 is 5.11 Å². The fourth-order valence-corrected chi connectivity index (χ4v) is 1.45. The molecule has 0 aliphatic heterocycles. The normalized spacial score (nSPS) is 11.6. The van der Waals surface area contributed by atoms with Crippen molar-refractivity contribution in [3.05, 3.63) is 36.2 Å². The molecule has 0 saturated heterocycles. The minimum absolute atomic E-state index is 0.0697. The van der Waals surface area contributed by atoms with E-state index in [1.165, 1.54) is 0 Å². The molecule has 0 unspecified atom stereocenters. The van der Waals surface area contributed by atoms with Gasteiger partial charge < -0.3 is 9.67 Å². The molecule has 0 spiro atoms. The van der Waals surface area contributed by atoms with Crippen molar-refractivity contribution in [2.24, 2.45) is 7.05 Å². The highest BCUT2D eigenvalue weighted by molar-refractivity contribution is 5.78. The first-order valence-corrected chi connectivity index (χ1v) is 4.50. The van der Waals surface area contributed by atoms with Crippen LogP contribution in [0.4, 0.5) is 0 Å². The van der Waals surface area contributed by atoms with E-state index in [1.54, 1.807) is 12.4 Å². The van der Waals surface area contributed by atoms with Crippen LogP contribution >= 0.6 is 0 Å². The number of fused-ring (bicyclic) bond motifs is 1. The molecule has 0 aliphatic rings. The van der Waals surface area contributed by atoms with Crippen LogP contribution < -0.4 is 0 Å². The van der Waals surface area contributed by atoms with Gasteiger partial charge in [0.2, 0.25) is 0 Å². The van der Waals surface area contributed by atoms with E-state index in [1.807, 2.05) is 35.9 Å². The van der Waals surface area contributed by atoms with Crippen molar-refractivity contribution in [3.8, 4) is 0 Å². The number of aromatic nitrogens is 2. The minimum atomic E-state index is 0.0697. The van der Waals surface area contributed by atoms with Gasteiger partial charge in [-0.3, -0.25) is 0 Å². The number of benzene rings is 1. The zero-order chi connectivity index (χ0) is 9.97. The Labute approximate surface area is 82.3 Å². The molecule has 0 atom stereocenters. The molecule has 2 rings (SSSR count). The molecule has 1 N–H and O–H groups in total. The van der Waals surface area contributed by atoms with Gasteiger partial charge in [0, 0.05) is 7.05 Å². The Bertz CT molecular complexity index is 471. The molecular weight excluding hydrogens is 176 g/mol. The van der Waals surface area contributed by atoms with Gasteiger partial charge in [-0.25, -0.2) is 4.98 Å². The monoisotopic (exact) mass is 188 g/mol. The minimum Gasteiger partial charge on any atom is -0.392 e. The van der Waals surface area contributed by atoms with Crippen LogP contribution in [-0.2, 0) is 7.05 Å². The van der Waals surface area contributed by atoms with Gasteiger partial charge in [0.1, 0.15) is 0 Å². The molecule has 1 heterocycles. The van der Waals surface area contributed by atoms with Gasteiger partial charge in [-0.15, -0.1) is 0 Å². The second-order valence-corrected chi connectivity index (χ2v) is 3.19. The van der Waals surface area contributed by atoms with E-state index in [2.05, 4.69) is 4.98 Å². The van der Waals surface area contributed by atoms with Crippen molar-refractivity contribution in [1.29, 1.82) is 0 Å². The maximum absolute atomic E-state index is 8.64. The smallest absolute Gasteiger partial charge is 0.0955 e. The van der Waals surface area contributed by atoms with E-state index in [0.29, 0.717) is 0 Å². The van der Waals surface area contributed by atoms with Crippen molar-refractivity contribution in [3.63, 3.8) is 0 Å². The van der Waals surface area contributed by atoms with Crippen molar-refractivity contribution >= 4 is 17.1 Å². The average Bonchev–Trinajstić information content (AvgIpc) is 2.57. The zero-order valence-electron chi connectivity index (χ0n) is 8.01. The predicted molar refractivity (Wildman–Crippen MR) is 56.8 cm³/mol. The zero-order valence-corrected chi connectivity index (χ0v) is 8.01. The molecular formula is C11H12N2O. The molecule has 1 aromatic heterocycles. The molecule has 0 bridgehead atoms. The van der Waals surface area contributed by atoms with Crippen LogP contribution in [0.5, 0.6) is 0 Å². The summed E-state index contributed by atoms with van der Waals surface area (Å²) in [5.74, 6) is 0. The molecule has 72 valence electrons. The number of nitrogens with zero attached hydrogens (tertiary/aromatic N) is 2. The lowest BCUT2D eigenvalue weighted by atomic mass is 10.2. The lowest BCUT2D eigenvalue weighted by molar-refractivity contribution is 0.343. The first-order chi connectivity index (χ1) is 6.81. The lowest BCUT2D eigenvalue weighted by Gasteiger charge is -1.95. The van der Waals surface area contributed by atoms with Gasteiger partial charge in [-0.1, -0.05) is 18.2 Å². The Morgan fingerprint density at radius 3 is 3.14 bits per heavy atom. The van der Waals surface area contributed by atoms with Crippen LogP contribution in [-0.4, -0.2) is 21.3 Å². The van der Waals surface area contributed by atoms with Crippen LogP contribution in [0.25, 0.3) is 17.1 Å². The van der Waals surface area contributed by atoms with Crippen molar-refractivity contribution in [1.82, 2.24) is 9.55 Å². The topological polar surface area (TPSA) is 38.0 Å². The molecule has 1 aromatic carbocycles. The highest BCUT2D eigenvalue weighted by Gasteiger charge is 1.98. The highest BCUT2D eigenvalue weighted by Crippen LogP contribution is 2.14. The molecule has 0 saturated carbocycles. The van der Waals surface area contributed by atoms with E-state index in [-0.39, 0.29) is 6.61 Å². The summed E-state index contributed by atoms with van der Waals surface area (Å²) in [6, 6.07) is 6.04. The van der Waals surface area contributed by atoms with Crippen LogP contribution in [0.3, 0.4) is 0 Å². The number of imidazole rings is 1. The van der Waals surface area contributed by atoms with E-state index < -0.39 is 0 Å². The van der Waals surface area contributed by atoms with Gasteiger partial charge in [0.05, 0.1) is 24.0 Å². The van der Waals surface area contributed by atoms with Crippen molar-refractivity contribution in [2.45, 2.75) is 0 Å². The second kappa shape index (κ2) is 3.64. The molecule has 3 heteroatoms. The molecule has 0 amide bonds. The Morgan fingerprint density at radius 1 is 1.50 bits per heavy atom. The number of aliphatic hydroxyl groups is 1. The Hall–Kier alpha value is -1.61. The van der Waals surface area contributed by atoms with Gasteiger partial charge in [-0.05, 0) is 17.7 Å². The van der Waals surface area contributed by atoms with Gasteiger partial charge in [0.25, 0.3) is 0 Å². The van der Waals surface area contributed by atoms with E-state index in [9.17, 15) is 0 Å². The fourth-order valence-electron chi connectivity index (χ4n) is 1.45. The number of hydrogen-bond acceptors (Lipinski definition) is 2. The summed E-state index contributed by atoms with van der Waals surface area (Å²) < 4.78 is 1.98. The SMILES string of the molecule is Cn1cnc2cc(/C=C/CO)ccc21. The lowest BCUT2D eigenvalue weighted by Crippen LogP contribution is -1.83. The van der Waals surface area contributed by atoms with E-state index >= 15 is 0 Å². The Morgan fingerprint density at radius 2 is 2.36 bits per heavy atom. The average molecular weight is 188 g/mol. The summed E-state index contributed by atoms with van der Waals surface area (Å²) in [5.41, 5.74) is 3.16. The summed E-state index contributed by atoms with van der Waals surface area (Å²) in [5, 5.41) is 8.64. The summed E-state index contributed by atoms with van der Waals surface area (Å²) in [7, 11) is 1.97. The van der Waals surface area contributed by atoms with E-state index in [4.69, 9.17) is 5.11 Å². The van der Waals surface area contributed by atoms with Gasteiger partial charge in [0.15, 0.2) is 0 Å². The Balaban J connectivity index is 2.47. The molecule has 2 aromatic rings. The van der Waals surface area contributed by atoms with E-state index in [0.717, 1.165) is 16.6 Å². The molecule has 14 heavy (non-hydrogen) atoms. The van der Waals surface area contributed by atoms with Gasteiger partial charge in [-0.2, -0.15) is 0 Å². The predicted octanol–water partition coefficient (Wildman–Crippen LogP) is 1.58. The second-order valence-electron chi connectivity index (χ2n) is 3.19. The third-order valence-corrected chi connectivity index (χ3v) is 2.17. The first kappa shape index (κ1) is 8.97. The fraction of sp³-hybridized carbons (Fsp3) is 0.182. The molecule has 0 radical (unpaired) electrons. The standard InChI is InChI=1S/C11H12N2O/c1-13-8-12-10-7-9(3-2-6-14)4-5-11(10)13/h2-5,7-8,14H,6H2,1H3/b3-2+. The van der Waals surface area contributed by atoms with Crippen molar-refractivity contribution in [2.75, 3.05) is 6.61 Å². The maximum atomic E-state index is 8.64. The molecule has 3 nitrogen and oxygen atoms in total. The quantitative estimate of drug-likeness (QED) is 0.777. The summed E-state index contributed by atoms with van der Waals surface area (Å²) >= 11 is 0. The number of rotatable bonds is 2. The van der Waals surface area contributed by atoms with Crippen LogP contribution in [0.1, 0.15) is 5.56 Å². The summed E-state index contributed by atoms with van der Waals surface area (Å²) in [6.07, 6.45) is 5.39. The largest absolute Gasteiger partial charge is 0.392 e. The summed E-state index contributed by atoms with van der Waals surface area (Å²) in [4.78, 5) is 4.25. The molecule has 0 fully saturated rings. The van der Waals surface area contributed by atoms with Crippen LogP contribution in [0, 0.1) is 0 Å². The number of hydrogen-bond donors (Lipinski definition) is 1. The van der Waals surface area contributed by atoms with Crippen LogP contribution in [0.15, 0.2) is 30.6 Å². The third-order valence-electron chi connectivity index (χ3n) is 2.17. The highest BCUT2D eigenvalue weighted by atomic mass is 16.2. The molecule has 0 aliphatic carbocycles. The Kier molecular flexibility index (Phi) is 2.33. The summed E-state index contributed by atoms with van der Waals surface area (Å²) in [6.45, 7) is 0.0697. The number of aliphatic hydroxyl groups excluding tert-OH is 1. The third kappa shape index (κ3) is 1.54. The first-order valence-electron chi connectivity index (χ1n) is 4.50. The van der Waals surface area contributed by atoms with Crippen LogP contribution in [0.2, 0.25) is 0 Å². The maximum Gasteiger partial charge on any atom is 0.0955 e. The number of aryl methyl sites for hydroxylation is 1. The van der Waals surface area contributed by atoms with Gasteiger partial charge >= 0.3 is 0 Å².